The van der Waals surface area contributed by atoms with Gasteiger partial charge in [-0.2, -0.15) is 0 Å². The molecule has 0 aliphatic rings. The summed E-state index contributed by atoms with van der Waals surface area (Å²) >= 11 is 0. The van der Waals surface area contributed by atoms with Gasteiger partial charge in [-0.15, -0.1) is 0 Å². The van der Waals surface area contributed by atoms with Gasteiger partial charge < -0.3 is 11.8 Å². The molecule has 3 nitrogen and oxygen atoms in total. The first kappa shape index (κ1) is 11.3. The summed E-state index contributed by atoms with van der Waals surface area (Å²) in [5.74, 6) is -0.755. The SMILES string of the molecule is CNCCC(=O)O.[H-].[Na+]. The molecule has 0 fully saturated rings. The predicted molar refractivity (Wildman–Crippen MR) is 27.3 cm³/mol. The van der Waals surface area contributed by atoms with Crippen molar-refractivity contribution in [3.63, 3.8) is 0 Å². The van der Waals surface area contributed by atoms with Gasteiger partial charge in [0.25, 0.3) is 0 Å². The number of hydrogen-bond acceptors (Lipinski definition) is 2. The van der Waals surface area contributed by atoms with Crippen molar-refractivity contribution in [1.82, 2.24) is 5.32 Å². The average Bonchev–Trinajstić information content (AvgIpc) is 1.61. The summed E-state index contributed by atoms with van der Waals surface area (Å²) in [5, 5.41) is 10.7. The van der Waals surface area contributed by atoms with Crippen LogP contribution in [0.4, 0.5) is 0 Å². The van der Waals surface area contributed by atoms with E-state index in [1.54, 1.807) is 7.05 Å². The van der Waals surface area contributed by atoms with Crippen LogP contribution in [0, 0.1) is 0 Å². The Morgan fingerprint density at radius 3 is 2.50 bits per heavy atom. The Balaban J connectivity index is -0.000000180. The topological polar surface area (TPSA) is 49.3 Å². The van der Waals surface area contributed by atoms with Crippen molar-refractivity contribution in [1.29, 1.82) is 0 Å². The molecule has 0 heterocycles. The quantitative estimate of drug-likeness (QED) is 0.392. The van der Waals surface area contributed by atoms with Crippen molar-refractivity contribution in [3.05, 3.63) is 0 Å². The summed E-state index contributed by atoms with van der Waals surface area (Å²) < 4.78 is 0. The molecular weight excluding hydrogens is 117 g/mol. The number of carbonyl (C=O) groups is 1. The van der Waals surface area contributed by atoms with Gasteiger partial charge in [0.15, 0.2) is 0 Å². The normalized spacial score (nSPS) is 7.62. The Hall–Kier alpha value is 0.430. The molecule has 0 atom stereocenters. The van der Waals surface area contributed by atoms with Crippen LogP contribution < -0.4 is 34.9 Å². The Labute approximate surface area is 72.2 Å². The first-order valence-corrected chi connectivity index (χ1v) is 2.13. The van der Waals surface area contributed by atoms with Crippen LogP contribution in [0.1, 0.15) is 7.85 Å². The summed E-state index contributed by atoms with van der Waals surface area (Å²) in [6, 6.07) is 0. The second-order valence-corrected chi connectivity index (χ2v) is 1.25. The fourth-order valence-electron chi connectivity index (χ4n) is 0.232. The van der Waals surface area contributed by atoms with E-state index in [1.807, 2.05) is 0 Å². The van der Waals surface area contributed by atoms with Crippen molar-refractivity contribution in [2.75, 3.05) is 13.6 Å². The van der Waals surface area contributed by atoms with Crippen LogP contribution >= 0.6 is 0 Å². The molecule has 0 aromatic rings. The van der Waals surface area contributed by atoms with E-state index >= 15 is 0 Å². The number of nitrogens with one attached hydrogen (secondary N) is 1. The Morgan fingerprint density at radius 1 is 1.88 bits per heavy atom. The molecule has 0 saturated heterocycles. The molecule has 0 aromatic heterocycles. The van der Waals surface area contributed by atoms with Gasteiger partial charge in [0.1, 0.15) is 0 Å². The molecule has 0 aromatic carbocycles. The fraction of sp³-hybridized carbons (Fsp3) is 0.750. The average molecular weight is 127 g/mol. The second-order valence-electron chi connectivity index (χ2n) is 1.25. The zero-order chi connectivity index (χ0) is 5.70. The molecule has 2 N–H and O–H groups in total. The predicted octanol–water partition coefficient (Wildman–Crippen LogP) is -3.20. The molecule has 0 aliphatic heterocycles. The van der Waals surface area contributed by atoms with Crippen molar-refractivity contribution in [2.45, 2.75) is 6.42 Å². The minimum Gasteiger partial charge on any atom is -1.00 e. The molecule has 4 heteroatoms. The maximum absolute atomic E-state index is 9.72. The number of carboxylic acid groups (broad SMARTS) is 1. The van der Waals surface area contributed by atoms with Crippen LogP contribution in [0.2, 0.25) is 0 Å². The molecule has 0 saturated carbocycles. The smallest absolute Gasteiger partial charge is 1.00 e. The maximum atomic E-state index is 9.72. The number of aliphatic carboxylic acids is 1. The largest absolute Gasteiger partial charge is 1.00 e. The molecule has 44 valence electrons. The van der Waals surface area contributed by atoms with Crippen LogP contribution in [0.25, 0.3) is 0 Å². The summed E-state index contributed by atoms with van der Waals surface area (Å²) in [5.41, 5.74) is 0. The van der Waals surface area contributed by atoms with E-state index in [0.29, 0.717) is 6.54 Å². The molecule has 0 amide bonds. The molecule has 8 heavy (non-hydrogen) atoms. The molecule has 0 aliphatic carbocycles. The molecule has 0 radical (unpaired) electrons. The second kappa shape index (κ2) is 7.43. The van der Waals surface area contributed by atoms with E-state index in [-0.39, 0.29) is 37.4 Å². The van der Waals surface area contributed by atoms with Gasteiger partial charge in [0.2, 0.25) is 0 Å². The van der Waals surface area contributed by atoms with Gasteiger partial charge in [-0.25, -0.2) is 0 Å². The summed E-state index contributed by atoms with van der Waals surface area (Å²) in [4.78, 5) is 9.72. The Morgan fingerprint density at radius 2 is 2.38 bits per heavy atom. The third kappa shape index (κ3) is 9.66. The van der Waals surface area contributed by atoms with E-state index < -0.39 is 5.97 Å². The van der Waals surface area contributed by atoms with E-state index in [4.69, 9.17) is 5.11 Å². The van der Waals surface area contributed by atoms with Crippen LogP contribution in [-0.4, -0.2) is 24.7 Å². The third-order valence-electron chi connectivity index (χ3n) is 0.589. The number of carboxylic acids is 1. The van der Waals surface area contributed by atoms with Crippen molar-refractivity contribution in [3.8, 4) is 0 Å². The van der Waals surface area contributed by atoms with Crippen LogP contribution in [-0.2, 0) is 4.79 Å². The molecule has 0 spiro atoms. The van der Waals surface area contributed by atoms with E-state index in [1.165, 1.54) is 0 Å². The van der Waals surface area contributed by atoms with E-state index in [9.17, 15) is 4.79 Å². The fourth-order valence-corrected chi connectivity index (χ4v) is 0.232. The van der Waals surface area contributed by atoms with Gasteiger partial charge in [-0.3, -0.25) is 4.79 Å². The molecule has 0 unspecified atom stereocenters. The summed E-state index contributed by atoms with van der Waals surface area (Å²) in [6.45, 7) is 0.551. The van der Waals surface area contributed by atoms with E-state index in [2.05, 4.69) is 5.32 Å². The zero-order valence-corrected chi connectivity index (χ0v) is 7.27. The van der Waals surface area contributed by atoms with Crippen LogP contribution in [0.5, 0.6) is 0 Å². The minimum absolute atomic E-state index is 0. The van der Waals surface area contributed by atoms with Crippen LogP contribution in [0.15, 0.2) is 0 Å². The van der Waals surface area contributed by atoms with Crippen LogP contribution in [0.3, 0.4) is 0 Å². The first-order chi connectivity index (χ1) is 3.27. The van der Waals surface area contributed by atoms with Crippen molar-refractivity contribution >= 4 is 5.97 Å². The number of hydrogen-bond donors (Lipinski definition) is 2. The van der Waals surface area contributed by atoms with Gasteiger partial charge in [-0.05, 0) is 7.05 Å². The van der Waals surface area contributed by atoms with Gasteiger partial charge in [-0.1, -0.05) is 0 Å². The summed E-state index contributed by atoms with van der Waals surface area (Å²) in [7, 11) is 1.73. The zero-order valence-electron chi connectivity index (χ0n) is 6.27. The monoisotopic (exact) mass is 127 g/mol. The molecular formula is C4H10NNaO2. The van der Waals surface area contributed by atoms with Crippen molar-refractivity contribution < 1.29 is 40.9 Å². The summed E-state index contributed by atoms with van der Waals surface area (Å²) in [6.07, 6.45) is 0.205. The first-order valence-electron chi connectivity index (χ1n) is 2.13. The molecule has 0 bridgehead atoms. The standard InChI is InChI=1S/C4H9NO2.Na.H/c1-5-3-2-4(6)7;;/h5H,2-3H2,1H3,(H,6,7);;/q;+1;-1. The van der Waals surface area contributed by atoms with Crippen molar-refractivity contribution in [2.24, 2.45) is 0 Å². The number of rotatable bonds is 3. The van der Waals surface area contributed by atoms with Gasteiger partial charge >= 0.3 is 35.5 Å². The Bertz CT molecular complexity index is 71.6. The minimum atomic E-state index is -0.755. The van der Waals surface area contributed by atoms with E-state index in [0.717, 1.165) is 0 Å². The Kier molecular flexibility index (Phi) is 10.5. The molecule has 0 rings (SSSR count). The van der Waals surface area contributed by atoms with Gasteiger partial charge in [0.05, 0.1) is 6.42 Å². The maximum Gasteiger partial charge on any atom is 1.00 e. The third-order valence-corrected chi connectivity index (χ3v) is 0.589. The van der Waals surface area contributed by atoms with Gasteiger partial charge in [0, 0.05) is 6.54 Å².